The Bertz CT molecular complexity index is 1660. The first-order valence-electron chi connectivity index (χ1n) is 15.9. The summed E-state index contributed by atoms with van der Waals surface area (Å²) in [5, 5.41) is 10.8. The van der Waals surface area contributed by atoms with E-state index in [4.69, 9.17) is 14.6 Å². The minimum atomic E-state index is -0.328. The zero-order valence-electron chi connectivity index (χ0n) is 27.7. The molecular weight excluding hydrogens is 578 g/mol. The number of carbonyl (C=O) groups is 2. The summed E-state index contributed by atoms with van der Waals surface area (Å²) in [6.45, 7) is 9.80. The molecule has 0 radical (unpaired) electrons. The Hall–Kier alpha value is -4.79. The smallest absolute Gasteiger partial charge is 0.324 e. The van der Waals surface area contributed by atoms with Crippen LogP contribution < -0.4 is 20.1 Å². The quantitative estimate of drug-likeness (QED) is 0.206. The Labute approximate surface area is 271 Å². The molecular formula is C37H45N5O4. The summed E-state index contributed by atoms with van der Waals surface area (Å²) in [5.74, 6) is 2.56. The maximum Gasteiger partial charge on any atom is 0.324 e. The number of hydrogen-bond acceptors (Lipinski definition) is 5. The molecule has 2 heterocycles. The van der Waals surface area contributed by atoms with Gasteiger partial charge < -0.3 is 19.7 Å². The zero-order valence-corrected chi connectivity index (χ0v) is 27.7. The van der Waals surface area contributed by atoms with Crippen molar-refractivity contribution in [3.05, 3.63) is 95.2 Å². The molecule has 0 aliphatic carbocycles. The molecule has 1 aliphatic rings. The average molecular weight is 624 g/mol. The maximum absolute atomic E-state index is 13.2. The highest BCUT2D eigenvalue weighted by Gasteiger charge is 2.25. The molecule has 9 heteroatoms. The van der Waals surface area contributed by atoms with Crippen molar-refractivity contribution in [3.63, 3.8) is 0 Å². The minimum absolute atomic E-state index is 0.0977. The number of ether oxygens (including phenoxy) is 2. The average Bonchev–Trinajstić information content (AvgIpc) is 3.46. The summed E-state index contributed by atoms with van der Waals surface area (Å²) in [7, 11) is 3.23. The van der Waals surface area contributed by atoms with Crippen molar-refractivity contribution in [2.75, 3.05) is 37.9 Å². The number of urea groups is 1. The summed E-state index contributed by atoms with van der Waals surface area (Å²) < 4.78 is 12.6. The Morgan fingerprint density at radius 2 is 1.65 bits per heavy atom. The maximum atomic E-state index is 13.2. The van der Waals surface area contributed by atoms with Crippen LogP contribution in [-0.2, 0) is 23.1 Å². The second-order valence-electron chi connectivity index (χ2n) is 13.1. The van der Waals surface area contributed by atoms with Gasteiger partial charge in [-0.25, -0.2) is 9.48 Å². The molecule has 0 saturated carbocycles. The molecule has 5 rings (SSSR count). The van der Waals surface area contributed by atoms with Gasteiger partial charge in [-0.15, -0.1) is 0 Å². The van der Waals surface area contributed by atoms with Crippen LogP contribution in [0, 0.1) is 12.8 Å². The van der Waals surface area contributed by atoms with E-state index in [2.05, 4.69) is 37.5 Å². The number of likely N-dealkylation sites (tertiary alicyclic amines) is 1. The van der Waals surface area contributed by atoms with Crippen molar-refractivity contribution in [1.82, 2.24) is 14.7 Å². The van der Waals surface area contributed by atoms with Crippen LogP contribution in [0.4, 0.5) is 16.3 Å². The first-order chi connectivity index (χ1) is 22.0. The zero-order chi connectivity index (χ0) is 32.8. The van der Waals surface area contributed by atoms with Gasteiger partial charge in [-0.2, -0.15) is 5.10 Å². The molecule has 46 heavy (non-hydrogen) atoms. The third-order valence-corrected chi connectivity index (χ3v) is 8.50. The predicted octanol–water partition coefficient (Wildman–Crippen LogP) is 7.16. The lowest BCUT2D eigenvalue weighted by Crippen LogP contribution is -2.39. The first-order valence-corrected chi connectivity index (χ1v) is 15.9. The highest BCUT2D eigenvalue weighted by Crippen LogP contribution is 2.29. The van der Waals surface area contributed by atoms with Gasteiger partial charge in [0.05, 0.1) is 32.0 Å². The van der Waals surface area contributed by atoms with Gasteiger partial charge in [-0.05, 0) is 80.1 Å². The lowest BCUT2D eigenvalue weighted by Gasteiger charge is -2.32. The number of piperidine rings is 1. The highest BCUT2D eigenvalue weighted by atomic mass is 16.5. The fourth-order valence-corrected chi connectivity index (χ4v) is 5.79. The number of amides is 3. The molecule has 1 aromatic heterocycles. The van der Waals surface area contributed by atoms with Crippen molar-refractivity contribution in [3.8, 4) is 17.2 Å². The van der Waals surface area contributed by atoms with Gasteiger partial charge in [0.2, 0.25) is 5.91 Å². The number of aromatic nitrogens is 2. The third kappa shape index (κ3) is 8.07. The van der Waals surface area contributed by atoms with Crippen LogP contribution in [0.1, 0.15) is 56.0 Å². The van der Waals surface area contributed by atoms with Crippen molar-refractivity contribution in [1.29, 1.82) is 0 Å². The van der Waals surface area contributed by atoms with E-state index in [1.54, 1.807) is 18.9 Å². The standard InChI is InChI=1S/C37H45N5O4/c1-25-10-12-30(13-11-25)42-34(24-33(40-42)37(2,3)4)39-36(44)38-29-9-7-8-27(21-29)20-26-16-18-41(19-17-26)35(43)23-28-22-31(45-5)14-15-32(28)46-6/h7-15,21-22,24,26H,16-20,23H2,1-6H3,(H2,38,39,44). The molecule has 1 aliphatic heterocycles. The normalized spacial score (nSPS) is 13.7. The molecule has 0 bridgehead atoms. The lowest BCUT2D eigenvalue weighted by molar-refractivity contribution is -0.131. The van der Waals surface area contributed by atoms with Crippen molar-refractivity contribution in [2.45, 2.75) is 58.8 Å². The van der Waals surface area contributed by atoms with Crippen LogP contribution in [-0.4, -0.2) is 53.9 Å². The van der Waals surface area contributed by atoms with E-state index in [9.17, 15) is 9.59 Å². The van der Waals surface area contributed by atoms with Crippen molar-refractivity contribution < 1.29 is 19.1 Å². The van der Waals surface area contributed by atoms with Gasteiger partial charge in [-0.1, -0.05) is 50.6 Å². The predicted molar refractivity (Wildman–Crippen MR) is 182 cm³/mol. The topological polar surface area (TPSA) is 97.7 Å². The number of hydrogen-bond donors (Lipinski definition) is 2. The first kappa shape index (κ1) is 32.6. The van der Waals surface area contributed by atoms with Gasteiger partial charge in [0.15, 0.2) is 0 Å². The summed E-state index contributed by atoms with van der Waals surface area (Å²) in [6, 6.07) is 23.2. The monoisotopic (exact) mass is 623 g/mol. The molecule has 242 valence electrons. The molecule has 9 nitrogen and oxygen atoms in total. The van der Waals surface area contributed by atoms with Crippen LogP contribution >= 0.6 is 0 Å². The summed E-state index contributed by atoms with van der Waals surface area (Å²) in [6.07, 6.45) is 3.03. The van der Waals surface area contributed by atoms with Crippen LogP contribution in [0.25, 0.3) is 5.69 Å². The van der Waals surface area contributed by atoms with Gasteiger partial charge in [-0.3, -0.25) is 10.1 Å². The molecule has 4 aromatic rings. The highest BCUT2D eigenvalue weighted by molar-refractivity contribution is 5.99. The van der Waals surface area contributed by atoms with Gasteiger partial charge >= 0.3 is 6.03 Å². The van der Waals surface area contributed by atoms with Gasteiger partial charge in [0.25, 0.3) is 0 Å². The lowest BCUT2D eigenvalue weighted by atomic mass is 9.90. The van der Waals surface area contributed by atoms with Crippen LogP contribution in [0.5, 0.6) is 11.5 Å². The van der Waals surface area contributed by atoms with E-state index in [0.717, 1.165) is 66.1 Å². The minimum Gasteiger partial charge on any atom is -0.497 e. The molecule has 2 N–H and O–H groups in total. The Morgan fingerprint density at radius 1 is 0.913 bits per heavy atom. The fourth-order valence-electron chi connectivity index (χ4n) is 5.79. The van der Waals surface area contributed by atoms with E-state index in [0.29, 0.717) is 23.2 Å². The van der Waals surface area contributed by atoms with Gasteiger partial charge in [0.1, 0.15) is 17.3 Å². The number of methoxy groups -OCH3 is 2. The van der Waals surface area contributed by atoms with Crippen molar-refractivity contribution >= 4 is 23.4 Å². The second-order valence-corrected chi connectivity index (χ2v) is 13.1. The molecule has 0 atom stereocenters. The number of anilines is 2. The number of aryl methyl sites for hydroxylation is 1. The summed E-state index contributed by atoms with van der Waals surface area (Å²) >= 11 is 0. The number of nitrogens with one attached hydrogen (secondary N) is 2. The molecule has 3 aromatic carbocycles. The van der Waals surface area contributed by atoms with E-state index in [-0.39, 0.29) is 23.8 Å². The van der Waals surface area contributed by atoms with Gasteiger partial charge in [0, 0.05) is 35.8 Å². The van der Waals surface area contributed by atoms with E-state index in [1.807, 2.05) is 78.6 Å². The molecule has 3 amide bonds. The number of benzene rings is 3. The molecule has 1 saturated heterocycles. The van der Waals surface area contributed by atoms with E-state index in [1.165, 1.54) is 0 Å². The van der Waals surface area contributed by atoms with Crippen LogP contribution in [0.2, 0.25) is 0 Å². The van der Waals surface area contributed by atoms with E-state index < -0.39 is 0 Å². The SMILES string of the molecule is COc1ccc(OC)c(CC(=O)N2CCC(Cc3cccc(NC(=O)Nc4cc(C(C)(C)C)nn4-c4ccc(C)cc4)c3)CC2)c1. The Kier molecular flexibility index (Phi) is 9.99. The van der Waals surface area contributed by atoms with Crippen LogP contribution in [0.3, 0.4) is 0 Å². The molecule has 0 spiro atoms. The molecule has 0 unspecified atom stereocenters. The van der Waals surface area contributed by atoms with E-state index >= 15 is 0 Å². The number of carbonyl (C=O) groups excluding carboxylic acids is 2. The number of nitrogens with zero attached hydrogens (tertiary/aromatic N) is 3. The van der Waals surface area contributed by atoms with Crippen LogP contribution in [0.15, 0.2) is 72.8 Å². The summed E-state index contributed by atoms with van der Waals surface area (Å²) in [5.41, 5.74) is 5.46. The Morgan fingerprint density at radius 3 is 2.33 bits per heavy atom. The summed E-state index contributed by atoms with van der Waals surface area (Å²) in [4.78, 5) is 28.2. The van der Waals surface area contributed by atoms with Crippen molar-refractivity contribution in [2.24, 2.45) is 5.92 Å². The fraction of sp³-hybridized carbons (Fsp3) is 0.378. The largest absolute Gasteiger partial charge is 0.497 e. The second kappa shape index (κ2) is 14.1. The third-order valence-electron chi connectivity index (χ3n) is 8.50. The molecule has 1 fully saturated rings. The Balaban J connectivity index is 1.17. The number of rotatable bonds is 9.